The maximum absolute atomic E-state index is 11.1. The number of rotatable bonds is 4. The maximum atomic E-state index is 11.1. The summed E-state index contributed by atoms with van der Waals surface area (Å²) in [6.45, 7) is 1.73. The van der Waals surface area contributed by atoms with Crippen molar-refractivity contribution in [1.29, 1.82) is 0 Å². The van der Waals surface area contributed by atoms with Crippen LogP contribution < -0.4 is 10.2 Å². The van der Waals surface area contributed by atoms with Gasteiger partial charge in [0, 0.05) is 37.2 Å². The first kappa shape index (κ1) is 14.3. The molecule has 1 aromatic heterocycles. The molecule has 1 saturated heterocycles. The molecule has 2 N–H and O–H groups in total. The van der Waals surface area contributed by atoms with E-state index in [2.05, 4.69) is 20.2 Å². The highest BCUT2D eigenvalue weighted by molar-refractivity contribution is 5.88. The van der Waals surface area contributed by atoms with E-state index in [-0.39, 0.29) is 6.04 Å². The van der Waals surface area contributed by atoms with Crippen LogP contribution in [-0.4, -0.2) is 40.2 Å². The minimum Gasteiger partial charge on any atom is -0.478 e. The van der Waals surface area contributed by atoms with Crippen LogP contribution in [0.4, 0.5) is 11.6 Å². The van der Waals surface area contributed by atoms with E-state index in [9.17, 15) is 4.79 Å². The molecule has 1 fully saturated rings. The molecule has 2 heterocycles. The lowest BCUT2D eigenvalue weighted by molar-refractivity contribution is 0.0697. The van der Waals surface area contributed by atoms with E-state index in [1.807, 2.05) is 6.07 Å². The van der Waals surface area contributed by atoms with Gasteiger partial charge in [0.1, 0.15) is 0 Å². The van der Waals surface area contributed by atoms with Gasteiger partial charge >= 0.3 is 5.97 Å². The van der Waals surface area contributed by atoms with Crippen LogP contribution in [0.2, 0.25) is 0 Å². The van der Waals surface area contributed by atoms with Gasteiger partial charge in [-0.25, -0.2) is 14.8 Å². The van der Waals surface area contributed by atoms with Crippen LogP contribution in [0.15, 0.2) is 42.7 Å². The minimum atomic E-state index is -0.897. The zero-order valence-electron chi connectivity index (χ0n) is 12.1. The lowest BCUT2D eigenvalue weighted by atomic mass is 10.0. The van der Waals surface area contributed by atoms with Crippen molar-refractivity contribution in [3.8, 4) is 0 Å². The van der Waals surface area contributed by atoms with E-state index >= 15 is 0 Å². The lowest BCUT2D eigenvalue weighted by Crippen LogP contribution is -2.42. The van der Waals surface area contributed by atoms with Gasteiger partial charge in [0.2, 0.25) is 5.95 Å². The molecule has 114 valence electrons. The fourth-order valence-corrected chi connectivity index (χ4v) is 2.72. The fraction of sp³-hybridized carbons (Fsp3) is 0.312. The third-order valence-corrected chi connectivity index (χ3v) is 3.78. The van der Waals surface area contributed by atoms with E-state index in [0.717, 1.165) is 31.6 Å². The van der Waals surface area contributed by atoms with E-state index in [4.69, 9.17) is 5.11 Å². The van der Waals surface area contributed by atoms with E-state index in [1.165, 1.54) is 0 Å². The Kier molecular flexibility index (Phi) is 4.18. The van der Waals surface area contributed by atoms with Crippen LogP contribution >= 0.6 is 0 Å². The summed E-state index contributed by atoms with van der Waals surface area (Å²) in [6, 6.07) is 9.12. The Morgan fingerprint density at radius 3 is 2.86 bits per heavy atom. The first-order valence-corrected chi connectivity index (χ1v) is 7.34. The number of anilines is 2. The van der Waals surface area contributed by atoms with Gasteiger partial charge in [0.05, 0.1) is 5.56 Å². The van der Waals surface area contributed by atoms with Crippen molar-refractivity contribution in [2.24, 2.45) is 0 Å². The monoisotopic (exact) mass is 298 g/mol. The Morgan fingerprint density at radius 2 is 2.09 bits per heavy atom. The van der Waals surface area contributed by atoms with Gasteiger partial charge in [-0.3, -0.25) is 0 Å². The van der Waals surface area contributed by atoms with Gasteiger partial charge in [-0.15, -0.1) is 0 Å². The number of nitrogens with zero attached hydrogens (tertiary/aromatic N) is 3. The van der Waals surface area contributed by atoms with E-state index in [0.29, 0.717) is 11.5 Å². The fourth-order valence-electron chi connectivity index (χ4n) is 2.72. The zero-order chi connectivity index (χ0) is 15.4. The number of aromatic carboxylic acids is 1. The number of benzene rings is 1. The van der Waals surface area contributed by atoms with Crippen molar-refractivity contribution in [2.75, 3.05) is 23.3 Å². The van der Waals surface area contributed by atoms with Gasteiger partial charge in [-0.05, 0) is 37.1 Å². The largest absolute Gasteiger partial charge is 0.478 e. The quantitative estimate of drug-likeness (QED) is 0.901. The molecule has 1 aliphatic rings. The third-order valence-electron chi connectivity index (χ3n) is 3.78. The van der Waals surface area contributed by atoms with Crippen LogP contribution in [0.5, 0.6) is 0 Å². The molecule has 1 atom stereocenters. The van der Waals surface area contributed by atoms with Gasteiger partial charge in [0.25, 0.3) is 0 Å². The van der Waals surface area contributed by atoms with Crippen LogP contribution in [-0.2, 0) is 0 Å². The first-order valence-electron chi connectivity index (χ1n) is 7.34. The Bertz CT molecular complexity index is 648. The molecule has 0 saturated carbocycles. The molecule has 0 bridgehead atoms. The molecule has 0 unspecified atom stereocenters. The maximum Gasteiger partial charge on any atom is 0.335 e. The predicted molar refractivity (Wildman–Crippen MR) is 84.3 cm³/mol. The summed E-state index contributed by atoms with van der Waals surface area (Å²) in [5, 5.41) is 12.4. The topological polar surface area (TPSA) is 78.4 Å². The Labute approximate surface area is 128 Å². The molecule has 1 aromatic carbocycles. The second-order valence-electron chi connectivity index (χ2n) is 5.36. The highest BCUT2D eigenvalue weighted by Crippen LogP contribution is 2.22. The molecule has 22 heavy (non-hydrogen) atoms. The SMILES string of the molecule is O=C(O)c1cccc(N2CCC[C@@H](Nc3ncccn3)C2)c1. The number of carboxylic acid groups (broad SMARTS) is 1. The van der Waals surface area contributed by atoms with Crippen molar-refractivity contribution in [3.63, 3.8) is 0 Å². The van der Waals surface area contributed by atoms with Crippen LogP contribution in [0.25, 0.3) is 0 Å². The number of piperidine rings is 1. The molecule has 2 aromatic rings. The zero-order valence-corrected chi connectivity index (χ0v) is 12.1. The number of nitrogens with one attached hydrogen (secondary N) is 1. The molecule has 3 rings (SSSR count). The van der Waals surface area contributed by atoms with Crippen LogP contribution in [0, 0.1) is 0 Å². The summed E-state index contributed by atoms with van der Waals surface area (Å²) in [6.07, 6.45) is 5.52. The van der Waals surface area contributed by atoms with Crippen LogP contribution in [0.1, 0.15) is 23.2 Å². The van der Waals surface area contributed by atoms with Gasteiger partial charge in [-0.1, -0.05) is 6.07 Å². The summed E-state index contributed by atoms with van der Waals surface area (Å²) in [5.74, 6) is -0.264. The number of aromatic nitrogens is 2. The average molecular weight is 298 g/mol. The second kappa shape index (κ2) is 6.43. The minimum absolute atomic E-state index is 0.254. The molecule has 0 aliphatic carbocycles. The smallest absolute Gasteiger partial charge is 0.335 e. The number of carbonyl (C=O) groups is 1. The average Bonchev–Trinajstić information content (AvgIpc) is 2.56. The van der Waals surface area contributed by atoms with Crippen molar-refractivity contribution in [3.05, 3.63) is 48.3 Å². The van der Waals surface area contributed by atoms with Crippen LogP contribution in [0.3, 0.4) is 0 Å². The van der Waals surface area contributed by atoms with Crippen molar-refractivity contribution in [1.82, 2.24) is 9.97 Å². The molecule has 6 heteroatoms. The lowest BCUT2D eigenvalue weighted by Gasteiger charge is -2.34. The number of carboxylic acids is 1. The predicted octanol–water partition coefficient (Wildman–Crippen LogP) is 2.26. The van der Waals surface area contributed by atoms with Gasteiger partial charge in [0.15, 0.2) is 0 Å². The summed E-state index contributed by atoms with van der Waals surface area (Å²) < 4.78 is 0. The standard InChI is InChI=1S/C16H18N4O2/c21-15(22)12-4-1-6-14(10-12)20-9-2-5-13(11-20)19-16-17-7-3-8-18-16/h1,3-4,6-8,10,13H,2,5,9,11H2,(H,21,22)(H,17,18,19)/t13-/m1/s1. The number of hydrogen-bond acceptors (Lipinski definition) is 5. The highest BCUT2D eigenvalue weighted by Gasteiger charge is 2.21. The van der Waals surface area contributed by atoms with Crippen molar-refractivity contribution < 1.29 is 9.90 Å². The summed E-state index contributed by atoms with van der Waals surface area (Å²) >= 11 is 0. The first-order chi connectivity index (χ1) is 10.7. The summed E-state index contributed by atoms with van der Waals surface area (Å²) in [4.78, 5) is 21.7. The Hall–Kier alpha value is -2.63. The molecule has 1 aliphatic heterocycles. The van der Waals surface area contributed by atoms with Crippen molar-refractivity contribution in [2.45, 2.75) is 18.9 Å². The van der Waals surface area contributed by atoms with Crippen molar-refractivity contribution >= 4 is 17.6 Å². The Morgan fingerprint density at radius 1 is 1.27 bits per heavy atom. The summed E-state index contributed by atoms with van der Waals surface area (Å²) in [5.41, 5.74) is 1.26. The molecule has 0 radical (unpaired) electrons. The third kappa shape index (κ3) is 3.33. The van der Waals surface area contributed by atoms with E-state index < -0.39 is 5.97 Å². The highest BCUT2D eigenvalue weighted by atomic mass is 16.4. The van der Waals surface area contributed by atoms with Gasteiger partial charge < -0.3 is 15.3 Å². The van der Waals surface area contributed by atoms with E-state index in [1.54, 1.807) is 36.7 Å². The second-order valence-corrected chi connectivity index (χ2v) is 5.36. The molecular weight excluding hydrogens is 280 g/mol. The molecule has 0 spiro atoms. The normalized spacial score (nSPS) is 18.0. The summed E-state index contributed by atoms with van der Waals surface area (Å²) in [7, 11) is 0. The Balaban J connectivity index is 1.70. The molecule has 0 amide bonds. The van der Waals surface area contributed by atoms with Gasteiger partial charge in [-0.2, -0.15) is 0 Å². The molecule has 6 nitrogen and oxygen atoms in total. The number of hydrogen-bond donors (Lipinski definition) is 2. The molecular formula is C16H18N4O2.